The van der Waals surface area contributed by atoms with E-state index in [0.717, 1.165) is 16.5 Å². The zero-order valence-electron chi connectivity index (χ0n) is 10.3. The summed E-state index contributed by atoms with van der Waals surface area (Å²) >= 11 is 0. The van der Waals surface area contributed by atoms with Crippen LogP contribution in [0.5, 0.6) is 0 Å². The van der Waals surface area contributed by atoms with Crippen molar-refractivity contribution in [2.24, 2.45) is 10.8 Å². The summed E-state index contributed by atoms with van der Waals surface area (Å²) in [5, 5.41) is 20.7. The topological polar surface area (TPSA) is 111 Å². The largest absolute Gasteiger partial charge is 0.382 e. The predicted molar refractivity (Wildman–Crippen MR) is 75.1 cm³/mol. The van der Waals surface area contributed by atoms with Crippen molar-refractivity contribution in [1.82, 2.24) is 4.98 Å². The highest BCUT2D eigenvalue weighted by atomic mass is 15.3. The molecule has 1 aromatic carbocycles. The molecule has 0 spiro atoms. The number of nitrogens with two attached hydrogens (primary N) is 1. The molecule has 19 heavy (non-hydrogen) atoms. The van der Waals surface area contributed by atoms with Gasteiger partial charge in [-0.25, -0.2) is 0 Å². The lowest BCUT2D eigenvalue weighted by Crippen LogP contribution is -2.21. The van der Waals surface area contributed by atoms with Gasteiger partial charge in [0.15, 0.2) is 5.84 Å². The van der Waals surface area contributed by atoms with E-state index < -0.39 is 0 Å². The van der Waals surface area contributed by atoms with Crippen LogP contribution in [-0.2, 0) is 0 Å². The van der Waals surface area contributed by atoms with Gasteiger partial charge in [0.25, 0.3) is 0 Å². The van der Waals surface area contributed by atoms with Crippen LogP contribution in [0.2, 0.25) is 0 Å². The van der Waals surface area contributed by atoms with Crippen molar-refractivity contribution in [3.05, 3.63) is 36.0 Å². The number of aromatic nitrogens is 1. The van der Waals surface area contributed by atoms with E-state index in [1.807, 2.05) is 31.2 Å². The molecule has 0 aliphatic heterocycles. The van der Waals surface area contributed by atoms with Crippen molar-refractivity contribution in [1.29, 1.82) is 10.7 Å². The highest BCUT2D eigenvalue weighted by molar-refractivity contribution is 6.45. The number of pyridine rings is 1. The number of nitrogens with one attached hydrogen (secondary N) is 2. The summed E-state index contributed by atoms with van der Waals surface area (Å²) in [5.41, 5.74) is 10.4. The third kappa shape index (κ3) is 2.66. The fourth-order valence-electron chi connectivity index (χ4n) is 1.63. The van der Waals surface area contributed by atoms with Crippen LogP contribution in [0.3, 0.4) is 0 Å². The molecule has 0 saturated heterocycles. The number of fused-ring (bicyclic) bond motifs is 1. The van der Waals surface area contributed by atoms with E-state index in [4.69, 9.17) is 16.4 Å². The van der Waals surface area contributed by atoms with Gasteiger partial charge in [-0.05, 0) is 30.7 Å². The molecule has 94 valence electrons. The highest BCUT2D eigenvalue weighted by Gasteiger charge is 2.02. The molecule has 0 aliphatic rings. The van der Waals surface area contributed by atoms with Gasteiger partial charge in [-0.2, -0.15) is 10.4 Å². The first-order chi connectivity index (χ1) is 9.11. The molecule has 6 nitrogen and oxygen atoms in total. The number of hydrogen-bond donors (Lipinski definition) is 3. The van der Waals surface area contributed by atoms with Gasteiger partial charge >= 0.3 is 0 Å². The fourth-order valence-corrected chi connectivity index (χ4v) is 1.63. The third-order valence-corrected chi connectivity index (χ3v) is 2.62. The molecule has 0 bridgehead atoms. The van der Waals surface area contributed by atoms with Crippen molar-refractivity contribution in [3.63, 3.8) is 0 Å². The van der Waals surface area contributed by atoms with E-state index in [9.17, 15) is 0 Å². The van der Waals surface area contributed by atoms with Crippen molar-refractivity contribution in [3.8, 4) is 6.07 Å². The summed E-state index contributed by atoms with van der Waals surface area (Å²) in [4.78, 5) is 4.26. The number of hydrazone groups is 1. The summed E-state index contributed by atoms with van der Waals surface area (Å²) in [7, 11) is 0. The van der Waals surface area contributed by atoms with Crippen LogP contribution < -0.4 is 11.2 Å². The first kappa shape index (κ1) is 12.5. The minimum Gasteiger partial charge on any atom is -0.382 e. The van der Waals surface area contributed by atoms with Crippen LogP contribution in [0.25, 0.3) is 10.9 Å². The normalized spacial score (nSPS) is 11.1. The number of hydrogen-bond acceptors (Lipinski definition) is 5. The van der Waals surface area contributed by atoms with E-state index in [-0.39, 0.29) is 11.5 Å². The minimum atomic E-state index is -0.371. The zero-order valence-corrected chi connectivity index (χ0v) is 10.3. The molecule has 2 rings (SSSR count). The Kier molecular flexibility index (Phi) is 3.39. The van der Waals surface area contributed by atoms with E-state index in [1.165, 1.54) is 0 Å². The van der Waals surface area contributed by atoms with Gasteiger partial charge in [-0.15, -0.1) is 0 Å². The highest BCUT2D eigenvalue weighted by Crippen LogP contribution is 2.20. The van der Waals surface area contributed by atoms with Crippen molar-refractivity contribution in [2.45, 2.75) is 6.92 Å². The quantitative estimate of drug-likeness (QED) is 0.439. The molecule has 0 amide bonds. The van der Waals surface area contributed by atoms with Gasteiger partial charge in [0.2, 0.25) is 5.71 Å². The third-order valence-electron chi connectivity index (χ3n) is 2.62. The Morgan fingerprint density at radius 2 is 2.26 bits per heavy atom. The zero-order chi connectivity index (χ0) is 13.8. The summed E-state index contributed by atoms with van der Waals surface area (Å²) in [6.45, 7) is 2.01. The van der Waals surface area contributed by atoms with Gasteiger partial charge in [-0.3, -0.25) is 15.8 Å². The number of anilines is 1. The molecule has 0 fully saturated rings. The van der Waals surface area contributed by atoms with Crippen LogP contribution in [0.1, 0.15) is 5.56 Å². The Hall–Kier alpha value is -2.94. The fraction of sp³-hybridized carbons (Fsp3) is 0.0769. The number of nitrogens with zero attached hydrogens (tertiary/aromatic N) is 3. The van der Waals surface area contributed by atoms with Crippen LogP contribution in [0.4, 0.5) is 5.69 Å². The van der Waals surface area contributed by atoms with E-state index in [2.05, 4.69) is 15.5 Å². The number of aryl methyl sites for hydroxylation is 1. The van der Waals surface area contributed by atoms with E-state index in [0.29, 0.717) is 5.69 Å². The lowest BCUT2D eigenvalue weighted by atomic mass is 10.1. The smallest absolute Gasteiger partial charge is 0.201 e. The molecule has 0 saturated carbocycles. The van der Waals surface area contributed by atoms with Crippen molar-refractivity contribution in [2.75, 3.05) is 5.43 Å². The Morgan fingerprint density at radius 3 is 2.95 bits per heavy atom. The Labute approximate surface area is 110 Å². The van der Waals surface area contributed by atoms with Crippen LogP contribution in [-0.4, -0.2) is 16.5 Å². The molecular weight excluding hydrogens is 240 g/mol. The molecular formula is C13H12N6. The molecule has 0 aliphatic carbocycles. The van der Waals surface area contributed by atoms with Crippen molar-refractivity contribution >= 4 is 28.1 Å². The SMILES string of the molecule is Cc1ccnc2cc(N/N=C(\C#N)C(=N)N)ccc12. The van der Waals surface area contributed by atoms with Gasteiger partial charge in [0.05, 0.1) is 11.2 Å². The van der Waals surface area contributed by atoms with Gasteiger partial charge in [-0.1, -0.05) is 6.07 Å². The molecule has 1 aromatic heterocycles. The van der Waals surface area contributed by atoms with Gasteiger partial charge in [0, 0.05) is 11.6 Å². The second kappa shape index (κ2) is 5.14. The number of benzene rings is 1. The lowest BCUT2D eigenvalue weighted by molar-refractivity contribution is 1.32. The Bertz CT molecular complexity index is 711. The molecule has 6 heteroatoms. The van der Waals surface area contributed by atoms with Crippen LogP contribution in [0, 0.1) is 23.7 Å². The maximum atomic E-state index is 8.73. The standard InChI is InChI=1S/C13H12N6/c1-8-4-5-17-11-6-9(2-3-10(8)11)18-19-12(7-14)13(15)16/h2-6,18H,1H3,(H3,15,16)/b19-12+. The maximum Gasteiger partial charge on any atom is 0.201 e. The van der Waals surface area contributed by atoms with Crippen LogP contribution in [0.15, 0.2) is 35.6 Å². The molecule has 0 unspecified atom stereocenters. The Balaban J connectivity index is 2.33. The number of nitriles is 1. The summed E-state index contributed by atoms with van der Waals surface area (Å²) in [6.07, 6.45) is 1.74. The first-order valence-corrected chi connectivity index (χ1v) is 5.55. The summed E-state index contributed by atoms with van der Waals surface area (Å²) in [5.74, 6) is -0.371. The van der Waals surface area contributed by atoms with Crippen LogP contribution >= 0.6 is 0 Å². The second-order valence-corrected chi connectivity index (χ2v) is 3.96. The molecule has 2 aromatic rings. The second-order valence-electron chi connectivity index (χ2n) is 3.96. The molecule has 0 atom stereocenters. The average Bonchev–Trinajstić information content (AvgIpc) is 2.39. The molecule has 0 radical (unpaired) electrons. The summed E-state index contributed by atoms with van der Waals surface area (Å²) in [6, 6.07) is 9.26. The van der Waals surface area contributed by atoms with Gasteiger partial charge in [0.1, 0.15) is 6.07 Å². The van der Waals surface area contributed by atoms with E-state index >= 15 is 0 Å². The minimum absolute atomic E-state index is 0.155. The van der Waals surface area contributed by atoms with Gasteiger partial charge < -0.3 is 5.73 Å². The number of amidine groups is 1. The van der Waals surface area contributed by atoms with E-state index in [1.54, 1.807) is 12.3 Å². The predicted octanol–water partition coefficient (Wildman–Crippen LogP) is 1.77. The maximum absolute atomic E-state index is 8.73. The first-order valence-electron chi connectivity index (χ1n) is 5.55. The monoisotopic (exact) mass is 252 g/mol. The van der Waals surface area contributed by atoms with Crippen molar-refractivity contribution < 1.29 is 0 Å². The summed E-state index contributed by atoms with van der Waals surface area (Å²) < 4.78 is 0. The molecule has 1 heterocycles. The number of rotatable bonds is 3. The average molecular weight is 252 g/mol. The Morgan fingerprint density at radius 1 is 1.47 bits per heavy atom. The lowest BCUT2D eigenvalue weighted by Gasteiger charge is -2.04. The molecule has 4 N–H and O–H groups in total.